The number of hydrogen-bond donors (Lipinski definition) is 0. The summed E-state index contributed by atoms with van der Waals surface area (Å²) >= 11 is 0. The molecule has 0 bridgehead atoms. The second-order valence-electron chi connectivity index (χ2n) is 6.13. The number of carbonyl (C=O) groups is 1. The maximum atomic E-state index is 12.7. The van der Waals surface area contributed by atoms with Crippen LogP contribution >= 0.6 is 0 Å². The number of benzene rings is 2. The Hall–Kier alpha value is -2.80. The number of hydrogen-bond acceptors (Lipinski definition) is 5. The molecule has 0 N–H and O–H groups in total. The molecule has 0 aliphatic heterocycles. The summed E-state index contributed by atoms with van der Waals surface area (Å²) in [6, 6.07) is 13.7. The molecular formula is C20H21NO5S. The molecule has 0 saturated heterocycles. The smallest absolute Gasteiger partial charge is 0.354 e. The number of aromatic nitrogens is 1. The van der Waals surface area contributed by atoms with E-state index < -0.39 is 15.8 Å². The van der Waals surface area contributed by atoms with Gasteiger partial charge in [0.1, 0.15) is 11.4 Å². The molecule has 27 heavy (non-hydrogen) atoms. The van der Waals surface area contributed by atoms with Crippen molar-refractivity contribution in [2.75, 3.05) is 20.0 Å². The minimum Gasteiger partial charge on any atom is -0.497 e. The average molecular weight is 387 g/mol. The van der Waals surface area contributed by atoms with Gasteiger partial charge in [-0.15, -0.1) is 0 Å². The van der Waals surface area contributed by atoms with Crippen LogP contribution in [0, 0.1) is 6.92 Å². The molecule has 3 rings (SSSR count). The van der Waals surface area contributed by atoms with E-state index >= 15 is 0 Å². The van der Waals surface area contributed by atoms with Crippen molar-refractivity contribution in [1.29, 1.82) is 0 Å². The van der Waals surface area contributed by atoms with Gasteiger partial charge in [0.25, 0.3) is 0 Å². The van der Waals surface area contributed by atoms with Gasteiger partial charge in [0.15, 0.2) is 9.84 Å². The zero-order valence-electron chi connectivity index (χ0n) is 15.4. The standard InChI is InChI=1S/C20H21NO5S/c1-14-17-13-15(25-2)9-10-18(17)21(19(14)20(22)26-3)11-12-27(23,24)16-7-5-4-6-8-16/h4-10,13H,11-12H2,1-3H3. The Morgan fingerprint density at radius 2 is 1.78 bits per heavy atom. The van der Waals surface area contributed by atoms with Crippen LogP contribution in [-0.2, 0) is 21.1 Å². The molecule has 0 aliphatic rings. The predicted molar refractivity (Wildman–Crippen MR) is 103 cm³/mol. The third-order valence-corrected chi connectivity index (χ3v) is 6.30. The van der Waals surface area contributed by atoms with Crippen LogP contribution in [0.4, 0.5) is 0 Å². The van der Waals surface area contributed by atoms with Gasteiger partial charge in [-0.05, 0) is 42.8 Å². The summed E-state index contributed by atoms with van der Waals surface area (Å²) in [6.07, 6.45) is 0. The van der Waals surface area contributed by atoms with E-state index in [-0.39, 0.29) is 17.2 Å². The number of fused-ring (bicyclic) bond motifs is 1. The lowest BCUT2D eigenvalue weighted by atomic mass is 10.1. The van der Waals surface area contributed by atoms with Crippen molar-refractivity contribution in [3.05, 3.63) is 59.8 Å². The minimum absolute atomic E-state index is 0.129. The zero-order valence-corrected chi connectivity index (χ0v) is 16.2. The highest BCUT2D eigenvalue weighted by atomic mass is 32.2. The summed E-state index contributed by atoms with van der Waals surface area (Å²) in [5, 5.41) is 0.826. The summed E-state index contributed by atoms with van der Waals surface area (Å²) in [7, 11) is -0.596. The maximum absolute atomic E-state index is 12.7. The quantitative estimate of drug-likeness (QED) is 0.607. The van der Waals surface area contributed by atoms with Crippen LogP contribution in [0.5, 0.6) is 5.75 Å². The second kappa shape index (κ2) is 7.44. The van der Waals surface area contributed by atoms with Gasteiger partial charge in [-0.1, -0.05) is 18.2 Å². The maximum Gasteiger partial charge on any atom is 0.354 e. The molecular weight excluding hydrogens is 366 g/mol. The lowest BCUT2D eigenvalue weighted by molar-refractivity contribution is 0.0588. The molecule has 3 aromatic rings. The number of carbonyl (C=O) groups excluding carboxylic acids is 1. The van der Waals surface area contributed by atoms with E-state index in [2.05, 4.69) is 0 Å². The fourth-order valence-corrected chi connectivity index (χ4v) is 4.41. The van der Waals surface area contributed by atoms with Gasteiger partial charge in [0.2, 0.25) is 0 Å². The first-order valence-corrected chi connectivity index (χ1v) is 10.1. The van der Waals surface area contributed by atoms with E-state index in [1.165, 1.54) is 7.11 Å². The molecule has 0 unspecified atom stereocenters. The molecule has 1 heterocycles. The van der Waals surface area contributed by atoms with E-state index in [4.69, 9.17) is 9.47 Å². The van der Waals surface area contributed by atoms with E-state index in [1.54, 1.807) is 48.1 Å². The Morgan fingerprint density at radius 3 is 2.41 bits per heavy atom. The molecule has 0 aliphatic carbocycles. The van der Waals surface area contributed by atoms with Gasteiger partial charge < -0.3 is 14.0 Å². The molecule has 0 amide bonds. The Balaban J connectivity index is 2.06. The van der Waals surface area contributed by atoms with Crippen molar-refractivity contribution in [2.45, 2.75) is 18.4 Å². The number of sulfone groups is 1. The van der Waals surface area contributed by atoms with Crippen molar-refractivity contribution in [3.8, 4) is 5.75 Å². The largest absolute Gasteiger partial charge is 0.497 e. The number of methoxy groups -OCH3 is 2. The van der Waals surface area contributed by atoms with Crippen molar-refractivity contribution >= 4 is 26.7 Å². The van der Waals surface area contributed by atoms with E-state index in [9.17, 15) is 13.2 Å². The number of nitrogens with zero attached hydrogens (tertiary/aromatic N) is 1. The lowest BCUT2D eigenvalue weighted by Crippen LogP contribution is -2.18. The number of esters is 1. The summed E-state index contributed by atoms with van der Waals surface area (Å²) in [5.74, 6) is 0.0341. The first kappa shape index (κ1) is 19.0. The normalized spacial score (nSPS) is 11.5. The highest BCUT2D eigenvalue weighted by molar-refractivity contribution is 7.91. The molecule has 0 radical (unpaired) electrons. The molecule has 0 spiro atoms. The molecule has 0 saturated carbocycles. The highest BCUT2D eigenvalue weighted by Crippen LogP contribution is 2.30. The Bertz CT molecular complexity index is 1080. The Kier molecular flexibility index (Phi) is 5.23. The molecule has 0 atom stereocenters. The predicted octanol–water partition coefficient (Wildman–Crippen LogP) is 3.22. The second-order valence-corrected chi connectivity index (χ2v) is 8.24. The molecule has 0 fully saturated rings. The van der Waals surface area contributed by atoms with Crippen LogP contribution in [0.15, 0.2) is 53.4 Å². The number of ether oxygens (including phenoxy) is 2. The van der Waals surface area contributed by atoms with Crippen molar-refractivity contribution in [1.82, 2.24) is 4.57 Å². The monoisotopic (exact) mass is 387 g/mol. The highest BCUT2D eigenvalue weighted by Gasteiger charge is 2.23. The van der Waals surface area contributed by atoms with Crippen LogP contribution in [0.2, 0.25) is 0 Å². The molecule has 2 aromatic carbocycles. The average Bonchev–Trinajstić information content (AvgIpc) is 2.97. The Morgan fingerprint density at radius 1 is 1.07 bits per heavy atom. The minimum atomic E-state index is -3.48. The molecule has 6 nitrogen and oxygen atoms in total. The van der Waals surface area contributed by atoms with Crippen LogP contribution in [0.3, 0.4) is 0 Å². The zero-order chi connectivity index (χ0) is 19.6. The van der Waals surface area contributed by atoms with Gasteiger partial charge in [0.05, 0.1) is 24.9 Å². The summed E-state index contributed by atoms with van der Waals surface area (Å²) in [5.41, 5.74) is 1.84. The lowest BCUT2D eigenvalue weighted by Gasteiger charge is -2.11. The van der Waals surface area contributed by atoms with Gasteiger partial charge >= 0.3 is 5.97 Å². The van der Waals surface area contributed by atoms with E-state index in [1.807, 2.05) is 19.1 Å². The third kappa shape index (κ3) is 3.55. The molecule has 7 heteroatoms. The fourth-order valence-electron chi connectivity index (χ4n) is 3.18. The summed E-state index contributed by atoms with van der Waals surface area (Å²) in [6.45, 7) is 1.95. The van der Waals surface area contributed by atoms with E-state index in [0.29, 0.717) is 11.4 Å². The van der Waals surface area contributed by atoms with Crippen LogP contribution in [-0.4, -0.2) is 38.9 Å². The number of aryl methyl sites for hydroxylation is 2. The van der Waals surface area contributed by atoms with Crippen molar-refractivity contribution in [3.63, 3.8) is 0 Å². The topological polar surface area (TPSA) is 74.6 Å². The first-order chi connectivity index (χ1) is 12.9. The summed E-state index contributed by atoms with van der Waals surface area (Å²) < 4.78 is 37.2. The van der Waals surface area contributed by atoms with Crippen LogP contribution in [0.1, 0.15) is 16.1 Å². The fraction of sp³-hybridized carbons (Fsp3) is 0.250. The van der Waals surface area contributed by atoms with Gasteiger partial charge in [-0.25, -0.2) is 13.2 Å². The van der Waals surface area contributed by atoms with E-state index in [0.717, 1.165) is 16.5 Å². The van der Waals surface area contributed by atoms with Crippen LogP contribution in [0.25, 0.3) is 10.9 Å². The SMILES string of the molecule is COC(=O)c1c(C)c2cc(OC)ccc2n1CCS(=O)(=O)c1ccccc1. The Labute approximate surface area is 158 Å². The van der Waals surface area contributed by atoms with Gasteiger partial charge in [-0.3, -0.25) is 0 Å². The van der Waals surface area contributed by atoms with Crippen molar-refractivity contribution < 1.29 is 22.7 Å². The summed E-state index contributed by atoms with van der Waals surface area (Å²) in [4.78, 5) is 12.6. The molecule has 1 aromatic heterocycles. The number of rotatable bonds is 6. The third-order valence-electron chi connectivity index (χ3n) is 4.59. The van der Waals surface area contributed by atoms with Gasteiger partial charge in [-0.2, -0.15) is 0 Å². The molecule has 142 valence electrons. The van der Waals surface area contributed by atoms with Crippen LogP contribution < -0.4 is 4.74 Å². The van der Waals surface area contributed by atoms with Crippen molar-refractivity contribution in [2.24, 2.45) is 0 Å². The van der Waals surface area contributed by atoms with Gasteiger partial charge in [0, 0.05) is 17.4 Å². The first-order valence-electron chi connectivity index (χ1n) is 8.42.